The van der Waals surface area contributed by atoms with Gasteiger partial charge in [0.05, 0.1) is 6.04 Å². The van der Waals surface area contributed by atoms with Crippen LogP contribution in [0.15, 0.2) is 16.6 Å². The lowest BCUT2D eigenvalue weighted by Gasteiger charge is -2.05. The minimum Gasteiger partial charge on any atom is -0.491 e. The van der Waals surface area contributed by atoms with Gasteiger partial charge < -0.3 is 10.5 Å². The molecule has 0 fully saturated rings. The fraction of sp³-hybridized carbons (Fsp3) is 0.333. The normalized spacial score (nSPS) is 20.4. The summed E-state index contributed by atoms with van der Waals surface area (Å²) in [5, 5.41) is 0. The van der Waals surface area contributed by atoms with Crippen LogP contribution in [-0.2, 0) is 0 Å². The zero-order valence-corrected chi connectivity index (χ0v) is 8.39. The largest absolute Gasteiger partial charge is 0.491 e. The van der Waals surface area contributed by atoms with Crippen LogP contribution in [0.5, 0.6) is 5.75 Å². The van der Waals surface area contributed by atoms with E-state index in [4.69, 9.17) is 10.5 Å². The molecule has 0 unspecified atom stereocenters. The molecule has 0 saturated heterocycles. The second-order valence-corrected chi connectivity index (χ2v) is 3.86. The van der Waals surface area contributed by atoms with Crippen LogP contribution in [0.2, 0.25) is 0 Å². The summed E-state index contributed by atoms with van der Waals surface area (Å²) in [6, 6.07) is 4.08. The van der Waals surface area contributed by atoms with Gasteiger partial charge in [-0.1, -0.05) is 22.0 Å². The predicted octanol–water partition coefficient (Wildman–Crippen LogP) is 2.15. The van der Waals surface area contributed by atoms with Gasteiger partial charge in [-0.25, -0.2) is 0 Å². The summed E-state index contributed by atoms with van der Waals surface area (Å²) in [7, 11) is 0. The summed E-state index contributed by atoms with van der Waals surface area (Å²) >= 11 is 3.45. The average Bonchev–Trinajstić information content (AvgIpc) is 2.41. The molecule has 2 nitrogen and oxygen atoms in total. The smallest absolute Gasteiger partial charge is 0.128 e. The lowest BCUT2D eigenvalue weighted by Crippen LogP contribution is -2.10. The van der Waals surface area contributed by atoms with Crippen LogP contribution >= 0.6 is 15.9 Å². The molecule has 1 heterocycles. The first kappa shape index (κ1) is 8.08. The number of halogens is 1. The van der Waals surface area contributed by atoms with Crippen molar-refractivity contribution in [3.63, 3.8) is 0 Å². The van der Waals surface area contributed by atoms with Crippen molar-refractivity contribution >= 4 is 15.9 Å². The van der Waals surface area contributed by atoms with Gasteiger partial charge in [0.25, 0.3) is 0 Å². The Morgan fingerprint density at radius 1 is 1.58 bits per heavy atom. The SMILES string of the molecule is Cc1c(Br)ccc2c1OC[C@@H]2N. The van der Waals surface area contributed by atoms with Gasteiger partial charge >= 0.3 is 0 Å². The summed E-state index contributed by atoms with van der Waals surface area (Å²) in [5.41, 5.74) is 8.09. The van der Waals surface area contributed by atoms with Crippen LogP contribution in [0.25, 0.3) is 0 Å². The Kier molecular flexibility index (Phi) is 1.85. The molecule has 0 aromatic heterocycles. The monoisotopic (exact) mass is 227 g/mol. The van der Waals surface area contributed by atoms with E-state index in [1.165, 1.54) is 0 Å². The van der Waals surface area contributed by atoms with Gasteiger partial charge in [-0.15, -0.1) is 0 Å². The molecule has 1 aromatic rings. The third-order valence-corrected chi connectivity index (χ3v) is 3.04. The lowest BCUT2D eigenvalue weighted by molar-refractivity contribution is 0.331. The van der Waals surface area contributed by atoms with E-state index < -0.39 is 0 Å². The number of ether oxygens (including phenoxy) is 1. The fourth-order valence-corrected chi connectivity index (χ4v) is 1.75. The second kappa shape index (κ2) is 2.75. The van der Waals surface area contributed by atoms with E-state index >= 15 is 0 Å². The van der Waals surface area contributed by atoms with Gasteiger partial charge in [-0.3, -0.25) is 0 Å². The summed E-state index contributed by atoms with van der Waals surface area (Å²) in [6.45, 7) is 2.63. The maximum atomic E-state index is 5.83. The third-order valence-electron chi connectivity index (χ3n) is 2.18. The molecule has 0 bridgehead atoms. The van der Waals surface area contributed by atoms with Crippen LogP contribution in [-0.4, -0.2) is 6.61 Å². The van der Waals surface area contributed by atoms with Crippen molar-refractivity contribution in [3.8, 4) is 5.75 Å². The Balaban J connectivity index is 2.60. The molecule has 0 amide bonds. The number of fused-ring (bicyclic) bond motifs is 1. The van der Waals surface area contributed by atoms with Gasteiger partial charge in [-0.2, -0.15) is 0 Å². The van der Waals surface area contributed by atoms with Crippen molar-refractivity contribution in [2.45, 2.75) is 13.0 Å². The minimum atomic E-state index is 0.0480. The first-order valence-electron chi connectivity index (χ1n) is 3.87. The molecule has 0 saturated carbocycles. The van der Waals surface area contributed by atoms with Gasteiger partial charge in [0.2, 0.25) is 0 Å². The zero-order chi connectivity index (χ0) is 8.72. The van der Waals surface area contributed by atoms with E-state index in [0.717, 1.165) is 21.3 Å². The van der Waals surface area contributed by atoms with Crippen molar-refractivity contribution in [3.05, 3.63) is 27.7 Å². The summed E-state index contributed by atoms with van der Waals surface area (Å²) in [6.07, 6.45) is 0. The Hall–Kier alpha value is -0.540. The molecule has 0 radical (unpaired) electrons. The number of benzene rings is 1. The number of rotatable bonds is 0. The zero-order valence-electron chi connectivity index (χ0n) is 6.80. The molecule has 1 aliphatic rings. The van der Waals surface area contributed by atoms with Crippen molar-refractivity contribution < 1.29 is 4.74 Å². The van der Waals surface area contributed by atoms with Gasteiger partial charge in [0.15, 0.2) is 0 Å². The van der Waals surface area contributed by atoms with Crippen molar-refractivity contribution in [1.82, 2.24) is 0 Å². The van der Waals surface area contributed by atoms with Gasteiger partial charge in [0, 0.05) is 15.6 Å². The second-order valence-electron chi connectivity index (χ2n) is 3.01. The van der Waals surface area contributed by atoms with E-state index in [1.807, 2.05) is 19.1 Å². The average molecular weight is 228 g/mol. The topological polar surface area (TPSA) is 35.2 Å². The number of hydrogen-bond donors (Lipinski definition) is 1. The van der Waals surface area contributed by atoms with E-state index in [1.54, 1.807) is 0 Å². The van der Waals surface area contributed by atoms with E-state index in [9.17, 15) is 0 Å². The first-order valence-corrected chi connectivity index (χ1v) is 4.67. The van der Waals surface area contributed by atoms with Crippen molar-refractivity contribution in [2.24, 2.45) is 5.73 Å². The molecule has 2 rings (SSSR count). The Morgan fingerprint density at radius 3 is 3.08 bits per heavy atom. The molecule has 2 N–H and O–H groups in total. The first-order chi connectivity index (χ1) is 5.70. The quantitative estimate of drug-likeness (QED) is 0.738. The van der Waals surface area contributed by atoms with Crippen molar-refractivity contribution in [1.29, 1.82) is 0 Å². The van der Waals surface area contributed by atoms with E-state index in [2.05, 4.69) is 15.9 Å². The highest BCUT2D eigenvalue weighted by molar-refractivity contribution is 9.10. The standard InChI is InChI=1S/C9H10BrNO/c1-5-7(10)3-2-6-8(11)4-12-9(5)6/h2-3,8H,4,11H2,1H3/t8-/m0/s1. The Morgan fingerprint density at radius 2 is 2.33 bits per heavy atom. The highest BCUT2D eigenvalue weighted by Gasteiger charge is 2.22. The van der Waals surface area contributed by atoms with E-state index in [0.29, 0.717) is 6.61 Å². The molecule has 64 valence electrons. The maximum absolute atomic E-state index is 5.83. The van der Waals surface area contributed by atoms with Crippen LogP contribution < -0.4 is 10.5 Å². The van der Waals surface area contributed by atoms with Crippen molar-refractivity contribution in [2.75, 3.05) is 6.61 Å². The Labute approximate surface area is 79.8 Å². The molecule has 0 aliphatic carbocycles. The highest BCUT2D eigenvalue weighted by atomic mass is 79.9. The molecule has 1 atom stereocenters. The molecule has 3 heteroatoms. The van der Waals surface area contributed by atoms with Gasteiger partial charge in [0.1, 0.15) is 12.4 Å². The number of hydrogen-bond acceptors (Lipinski definition) is 2. The summed E-state index contributed by atoms with van der Waals surface area (Å²) < 4.78 is 6.55. The molecule has 0 spiro atoms. The highest BCUT2D eigenvalue weighted by Crippen LogP contribution is 2.37. The lowest BCUT2D eigenvalue weighted by atomic mass is 10.1. The molecular weight excluding hydrogens is 218 g/mol. The molecule has 1 aromatic carbocycles. The molecule has 1 aliphatic heterocycles. The fourth-order valence-electron chi connectivity index (χ4n) is 1.44. The Bertz CT molecular complexity index is 325. The van der Waals surface area contributed by atoms with E-state index in [-0.39, 0.29) is 6.04 Å². The van der Waals surface area contributed by atoms with Crippen LogP contribution in [0.4, 0.5) is 0 Å². The minimum absolute atomic E-state index is 0.0480. The van der Waals surface area contributed by atoms with Crippen LogP contribution in [0.3, 0.4) is 0 Å². The summed E-state index contributed by atoms with van der Waals surface area (Å²) in [4.78, 5) is 0. The maximum Gasteiger partial charge on any atom is 0.128 e. The summed E-state index contributed by atoms with van der Waals surface area (Å²) in [5.74, 6) is 0.955. The van der Waals surface area contributed by atoms with Crippen LogP contribution in [0.1, 0.15) is 17.2 Å². The predicted molar refractivity (Wildman–Crippen MR) is 51.3 cm³/mol. The third kappa shape index (κ3) is 1.04. The molecular formula is C9H10BrNO. The molecule has 12 heavy (non-hydrogen) atoms. The number of nitrogens with two attached hydrogens (primary N) is 1. The van der Waals surface area contributed by atoms with Gasteiger partial charge in [-0.05, 0) is 13.0 Å². The van der Waals surface area contributed by atoms with Crippen LogP contribution in [0, 0.1) is 6.92 Å².